The van der Waals surface area contributed by atoms with Gasteiger partial charge in [0.25, 0.3) is 11.8 Å². The zero-order valence-corrected chi connectivity index (χ0v) is 13.4. The molecule has 2 N–H and O–H groups in total. The van der Waals surface area contributed by atoms with Crippen LogP contribution in [0.2, 0.25) is 5.02 Å². The van der Waals surface area contributed by atoms with Crippen molar-refractivity contribution < 1.29 is 19.1 Å². The number of amides is 2. The van der Waals surface area contributed by atoms with Crippen molar-refractivity contribution in [3.05, 3.63) is 28.3 Å². The van der Waals surface area contributed by atoms with E-state index in [1.54, 1.807) is 12.1 Å². The van der Waals surface area contributed by atoms with Gasteiger partial charge in [-0.05, 0) is 42.9 Å². The normalized spacial score (nSPS) is 14.3. The summed E-state index contributed by atoms with van der Waals surface area (Å²) < 4.78 is 10.6. The molecule has 22 heavy (non-hydrogen) atoms. The fraction of sp³-hybridized carbons (Fsp3) is 0.214. The Morgan fingerprint density at radius 1 is 1.27 bits per heavy atom. The van der Waals surface area contributed by atoms with Crippen molar-refractivity contribution >= 4 is 46.8 Å². The summed E-state index contributed by atoms with van der Waals surface area (Å²) in [5.41, 5.74) is 0.458. The molecular formula is C14H13ClN2O4S. The monoisotopic (exact) mass is 340 g/mol. The molecule has 1 aliphatic rings. The molecule has 0 saturated carbocycles. The molecular weight excluding hydrogens is 328 g/mol. The van der Waals surface area contributed by atoms with Crippen molar-refractivity contribution in [2.24, 2.45) is 0 Å². The van der Waals surface area contributed by atoms with Crippen LogP contribution in [-0.4, -0.2) is 30.6 Å². The third kappa shape index (κ3) is 3.37. The first-order chi connectivity index (χ1) is 10.5. The van der Waals surface area contributed by atoms with Gasteiger partial charge in [-0.3, -0.25) is 20.2 Å². The highest BCUT2D eigenvalue weighted by Gasteiger charge is 2.26. The maximum absolute atomic E-state index is 11.8. The molecule has 0 bridgehead atoms. The number of ether oxygens (including phenoxy) is 2. The fourth-order valence-corrected chi connectivity index (χ4v) is 2.39. The lowest BCUT2D eigenvalue weighted by molar-refractivity contribution is -0.123. The minimum atomic E-state index is -0.571. The van der Waals surface area contributed by atoms with Gasteiger partial charge in [0.05, 0.1) is 18.7 Å². The maximum Gasteiger partial charge on any atom is 0.263 e. The van der Waals surface area contributed by atoms with Crippen LogP contribution in [0.1, 0.15) is 12.5 Å². The van der Waals surface area contributed by atoms with Gasteiger partial charge < -0.3 is 9.47 Å². The average Bonchev–Trinajstić information content (AvgIpc) is 2.43. The predicted molar refractivity (Wildman–Crippen MR) is 86.0 cm³/mol. The van der Waals surface area contributed by atoms with Gasteiger partial charge in [-0.2, -0.15) is 0 Å². The second-order valence-electron chi connectivity index (χ2n) is 4.26. The van der Waals surface area contributed by atoms with Crippen molar-refractivity contribution in [2.75, 3.05) is 13.7 Å². The van der Waals surface area contributed by atoms with Crippen molar-refractivity contribution in [3.63, 3.8) is 0 Å². The lowest BCUT2D eigenvalue weighted by Crippen LogP contribution is -2.51. The van der Waals surface area contributed by atoms with Gasteiger partial charge >= 0.3 is 0 Å². The minimum absolute atomic E-state index is 0.0186. The molecule has 0 aliphatic carbocycles. The van der Waals surface area contributed by atoms with Crippen molar-refractivity contribution in [3.8, 4) is 11.5 Å². The summed E-state index contributed by atoms with van der Waals surface area (Å²) in [4.78, 5) is 23.6. The van der Waals surface area contributed by atoms with Crippen molar-refractivity contribution in [1.29, 1.82) is 0 Å². The van der Waals surface area contributed by atoms with Crippen LogP contribution >= 0.6 is 23.8 Å². The van der Waals surface area contributed by atoms with Crippen LogP contribution < -0.4 is 20.1 Å². The van der Waals surface area contributed by atoms with E-state index in [0.717, 1.165) is 0 Å². The highest BCUT2D eigenvalue weighted by Crippen LogP contribution is 2.36. The Labute approximate surface area is 137 Å². The standard InChI is InChI=1S/C14H13ClN2O4S/c1-3-21-10-6-7(5-9(15)11(10)20-2)4-8-12(18)16-14(22)17-13(8)19/h4-6H,3H2,1-2H3,(H2,16,17,18,19,22). The first-order valence-electron chi connectivity index (χ1n) is 6.35. The average molecular weight is 341 g/mol. The molecule has 0 radical (unpaired) electrons. The molecule has 8 heteroatoms. The number of hydrogen-bond donors (Lipinski definition) is 2. The summed E-state index contributed by atoms with van der Waals surface area (Å²) in [6, 6.07) is 3.21. The van der Waals surface area contributed by atoms with E-state index in [1.807, 2.05) is 6.92 Å². The van der Waals surface area contributed by atoms with E-state index in [9.17, 15) is 9.59 Å². The molecule has 1 fully saturated rings. The van der Waals surface area contributed by atoms with Gasteiger partial charge in [-0.15, -0.1) is 0 Å². The number of hydrogen-bond acceptors (Lipinski definition) is 5. The molecule has 0 spiro atoms. The van der Waals surface area contributed by atoms with Gasteiger partial charge in [0.1, 0.15) is 5.57 Å². The molecule has 2 amide bonds. The Balaban J connectivity index is 2.44. The fourth-order valence-electron chi connectivity index (χ4n) is 1.91. The number of nitrogens with one attached hydrogen (secondary N) is 2. The highest BCUT2D eigenvalue weighted by molar-refractivity contribution is 7.80. The molecule has 0 unspecified atom stereocenters. The summed E-state index contributed by atoms with van der Waals surface area (Å²) in [6.45, 7) is 2.24. The lowest BCUT2D eigenvalue weighted by Gasteiger charge is -2.17. The summed E-state index contributed by atoms with van der Waals surface area (Å²) in [5, 5.41) is 5.01. The lowest BCUT2D eigenvalue weighted by atomic mass is 10.1. The first-order valence-corrected chi connectivity index (χ1v) is 7.13. The zero-order valence-electron chi connectivity index (χ0n) is 11.9. The second-order valence-corrected chi connectivity index (χ2v) is 5.08. The van der Waals surface area contributed by atoms with E-state index >= 15 is 0 Å². The molecule has 1 aliphatic heterocycles. The van der Waals surface area contributed by atoms with E-state index in [1.165, 1.54) is 13.2 Å². The maximum atomic E-state index is 11.8. The van der Waals surface area contributed by atoms with Gasteiger partial charge in [0.2, 0.25) is 0 Å². The van der Waals surface area contributed by atoms with Crippen LogP contribution in [0.4, 0.5) is 0 Å². The van der Waals surface area contributed by atoms with Gasteiger partial charge in [0.15, 0.2) is 16.6 Å². The number of benzene rings is 1. The van der Waals surface area contributed by atoms with E-state index < -0.39 is 11.8 Å². The molecule has 2 rings (SSSR count). The van der Waals surface area contributed by atoms with E-state index in [2.05, 4.69) is 10.6 Å². The molecule has 0 atom stereocenters. The molecule has 1 aromatic carbocycles. The quantitative estimate of drug-likeness (QED) is 0.495. The molecule has 1 heterocycles. The number of thiocarbonyl (C=S) groups is 1. The van der Waals surface area contributed by atoms with Crippen LogP contribution in [-0.2, 0) is 9.59 Å². The number of halogens is 1. The Hall–Kier alpha value is -2.12. The topological polar surface area (TPSA) is 76.7 Å². The number of methoxy groups -OCH3 is 1. The Morgan fingerprint density at radius 3 is 2.45 bits per heavy atom. The highest BCUT2D eigenvalue weighted by atomic mass is 35.5. The van der Waals surface area contributed by atoms with Gasteiger partial charge in [-0.25, -0.2) is 0 Å². The SMILES string of the molecule is CCOc1cc(C=C2C(=O)NC(=S)NC2=O)cc(Cl)c1OC. The van der Waals surface area contributed by atoms with Crippen molar-refractivity contribution in [2.45, 2.75) is 6.92 Å². The Bertz CT molecular complexity index is 666. The van der Waals surface area contributed by atoms with E-state index in [4.69, 9.17) is 33.3 Å². The van der Waals surface area contributed by atoms with Crippen LogP contribution in [0.25, 0.3) is 6.08 Å². The zero-order chi connectivity index (χ0) is 16.3. The largest absolute Gasteiger partial charge is 0.491 e. The summed E-state index contributed by atoms with van der Waals surface area (Å²) in [7, 11) is 1.48. The van der Waals surface area contributed by atoms with E-state index in [-0.39, 0.29) is 10.7 Å². The predicted octanol–water partition coefficient (Wildman–Crippen LogP) is 1.66. The second kappa shape index (κ2) is 6.76. The Kier molecular flexibility index (Phi) is 4.99. The number of carbonyl (C=O) groups excluding carboxylic acids is 2. The summed E-state index contributed by atoms with van der Waals surface area (Å²) in [5.74, 6) is -0.321. The molecule has 6 nitrogen and oxygen atoms in total. The van der Waals surface area contributed by atoms with Crippen molar-refractivity contribution in [1.82, 2.24) is 10.6 Å². The smallest absolute Gasteiger partial charge is 0.263 e. The van der Waals surface area contributed by atoms with Gasteiger partial charge in [-0.1, -0.05) is 11.6 Å². The third-order valence-corrected chi connectivity index (χ3v) is 3.28. The number of rotatable bonds is 4. The molecule has 116 valence electrons. The molecule has 0 aromatic heterocycles. The third-order valence-electron chi connectivity index (χ3n) is 2.79. The Morgan fingerprint density at radius 2 is 1.91 bits per heavy atom. The van der Waals surface area contributed by atoms with Crippen LogP contribution in [0.3, 0.4) is 0 Å². The molecule has 1 aromatic rings. The van der Waals surface area contributed by atoms with Crippen LogP contribution in [0.5, 0.6) is 11.5 Å². The van der Waals surface area contributed by atoms with E-state index in [0.29, 0.717) is 28.7 Å². The summed E-state index contributed by atoms with van der Waals surface area (Å²) >= 11 is 10.9. The van der Waals surface area contributed by atoms with Crippen LogP contribution in [0, 0.1) is 0 Å². The minimum Gasteiger partial charge on any atom is -0.491 e. The number of carbonyl (C=O) groups is 2. The summed E-state index contributed by atoms with van der Waals surface area (Å²) in [6.07, 6.45) is 1.40. The van der Waals surface area contributed by atoms with Gasteiger partial charge in [0, 0.05) is 0 Å². The van der Waals surface area contributed by atoms with Crippen LogP contribution in [0.15, 0.2) is 17.7 Å². The molecule has 1 saturated heterocycles. The first kappa shape index (κ1) is 16.3.